The molecule has 68 valence electrons. The van der Waals surface area contributed by atoms with E-state index in [0.717, 1.165) is 14.5 Å². The van der Waals surface area contributed by atoms with E-state index in [2.05, 4.69) is 56.6 Å². The van der Waals surface area contributed by atoms with Crippen molar-refractivity contribution in [2.45, 2.75) is 6.92 Å². The summed E-state index contributed by atoms with van der Waals surface area (Å²) in [6.45, 7) is 5.78. The first kappa shape index (κ1) is 10.7. The summed E-state index contributed by atoms with van der Waals surface area (Å²) in [5.74, 6) is 0. The van der Waals surface area contributed by atoms with Crippen molar-refractivity contribution in [1.29, 1.82) is 0 Å². The Balaban J connectivity index is 3.21. The third kappa shape index (κ3) is 3.12. The lowest BCUT2D eigenvalue weighted by atomic mass is 10.1. The van der Waals surface area contributed by atoms with Gasteiger partial charge < -0.3 is 0 Å². The lowest BCUT2D eigenvalue weighted by Gasteiger charge is -2.01. The topological polar surface area (TPSA) is 0 Å². The SMILES string of the molecule is C=Cc1cc(Br)ccc1/C=C(\C)Br. The van der Waals surface area contributed by atoms with Gasteiger partial charge in [0.15, 0.2) is 0 Å². The van der Waals surface area contributed by atoms with Crippen LogP contribution in [-0.4, -0.2) is 0 Å². The summed E-state index contributed by atoms with van der Waals surface area (Å²) >= 11 is 6.83. The van der Waals surface area contributed by atoms with Crippen LogP contribution in [0.3, 0.4) is 0 Å². The van der Waals surface area contributed by atoms with Crippen molar-refractivity contribution in [1.82, 2.24) is 0 Å². The fourth-order valence-electron chi connectivity index (χ4n) is 1.07. The monoisotopic (exact) mass is 300 g/mol. The maximum absolute atomic E-state index is 3.77. The Morgan fingerprint density at radius 1 is 1.38 bits per heavy atom. The highest BCUT2D eigenvalue weighted by atomic mass is 79.9. The predicted octanol–water partition coefficient (Wildman–Crippen LogP) is 4.85. The first-order chi connectivity index (χ1) is 6.13. The second kappa shape index (κ2) is 4.77. The van der Waals surface area contributed by atoms with E-state index in [1.165, 1.54) is 5.56 Å². The van der Waals surface area contributed by atoms with Crippen LogP contribution in [0.1, 0.15) is 18.1 Å². The van der Waals surface area contributed by atoms with Crippen LogP contribution >= 0.6 is 31.9 Å². The lowest BCUT2D eigenvalue weighted by Crippen LogP contribution is -1.80. The highest BCUT2D eigenvalue weighted by molar-refractivity contribution is 9.11. The summed E-state index contributed by atoms with van der Waals surface area (Å²) in [4.78, 5) is 0. The van der Waals surface area contributed by atoms with Crippen molar-refractivity contribution < 1.29 is 0 Å². The molecular weight excluding hydrogens is 292 g/mol. The molecule has 1 aromatic carbocycles. The minimum absolute atomic E-state index is 1.08. The standard InChI is InChI=1S/C11H10Br2/c1-3-9-7-11(13)5-4-10(9)6-8(2)12/h3-7H,1H2,2H3/b8-6+. The molecule has 0 amide bonds. The molecule has 0 spiro atoms. The molecule has 0 aliphatic heterocycles. The van der Waals surface area contributed by atoms with Gasteiger partial charge in [-0.3, -0.25) is 0 Å². The summed E-state index contributed by atoms with van der Waals surface area (Å²) in [5, 5.41) is 0. The van der Waals surface area contributed by atoms with Crippen LogP contribution in [-0.2, 0) is 0 Å². The van der Waals surface area contributed by atoms with Crippen LogP contribution in [0.25, 0.3) is 12.2 Å². The minimum atomic E-state index is 1.08. The van der Waals surface area contributed by atoms with Crippen LogP contribution < -0.4 is 0 Å². The van der Waals surface area contributed by atoms with Crippen LogP contribution in [0.15, 0.2) is 33.7 Å². The quantitative estimate of drug-likeness (QED) is 0.732. The largest absolute Gasteiger partial charge is 0.0984 e. The van der Waals surface area contributed by atoms with Crippen molar-refractivity contribution in [3.63, 3.8) is 0 Å². The summed E-state index contributed by atoms with van der Waals surface area (Å²) in [6, 6.07) is 6.13. The van der Waals surface area contributed by atoms with Gasteiger partial charge in [-0.1, -0.05) is 50.6 Å². The first-order valence-electron chi connectivity index (χ1n) is 3.89. The van der Waals surface area contributed by atoms with Gasteiger partial charge in [-0.15, -0.1) is 0 Å². The van der Waals surface area contributed by atoms with Crippen LogP contribution in [0, 0.1) is 0 Å². The van der Waals surface area contributed by atoms with Gasteiger partial charge in [0, 0.05) is 4.47 Å². The average Bonchev–Trinajstić information content (AvgIpc) is 2.07. The zero-order valence-corrected chi connectivity index (χ0v) is 10.5. The van der Waals surface area contributed by atoms with E-state index in [0.29, 0.717) is 0 Å². The summed E-state index contributed by atoms with van der Waals surface area (Å²) in [7, 11) is 0. The summed E-state index contributed by atoms with van der Waals surface area (Å²) in [5.41, 5.74) is 2.31. The molecule has 0 aliphatic carbocycles. The molecule has 2 heteroatoms. The van der Waals surface area contributed by atoms with E-state index in [1.807, 2.05) is 19.1 Å². The highest BCUT2D eigenvalue weighted by Gasteiger charge is 1.96. The van der Waals surface area contributed by atoms with E-state index in [4.69, 9.17) is 0 Å². The van der Waals surface area contributed by atoms with Crippen LogP contribution in [0.2, 0.25) is 0 Å². The van der Waals surface area contributed by atoms with E-state index in [9.17, 15) is 0 Å². The van der Waals surface area contributed by atoms with Gasteiger partial charge in [-0.05, 0) is 40.7 Å². The fraction of sp³-hybridized carbons (Fsp3) is 0.0909. The Hall–Kier alpha value is -0.340. The molecule has 0 atom stereocenters. The molecule has 0 saturated heterocycles. The Morgan fingerprint density at radius 3 is 2.62 bits per heavy atom. The van der Waals surface area contributed by atoms with Gasteiger partial charge >= 0.3 is 0 Å². The molecule has 0 bridgehead atoms. The van der Waals surface area contributed by atoms with Crippen molar-refractivity contribution in [3.05, 3.63) is 44.9 Å². The average molecular weight is 302 g/mol. The number of hydrogen-bond donors (Lipinski definition) is 0. The molecule has 0 N–H and O–H groups in total. The number of benzene rings is 1. The van der Waals surface area contributed by atoms with E-state index >= 15 is 0 Å². The number of allylic oxidation sites excluding steroid dienone is 1. The minimum Gasteiger partial charge on any atom is -0.0984 e. The molecule has 0 saturated carbocycles. The van der Waals surface area contributed by atoms with Gasteiger partial charge in [0.2, 0.25) is 0 Å². The van der Waals surface area contributed by atoms with Crippen LogP contribution in [0.4, 0.5) is 0 Å². The van der Waals surface area contributed by atoms with Crippen molar-refractivity contribution in [3.8, 4) is 0 Å². The molecular formula is C11H10Br2. The van der Waals surface area contributed by atoms with Crippen molar-refractivity contribution in [2.24, 2.45) is 0 Å². The Morgan fingerprint density at radius 2 is 2.08 bits per heavy atom. The number of halogens is 2. The predicted molar refractivity (Wildman–Crippen MR) is 66.8 cm³/mol. The zero-order valence-electron chi connectivity index (χ0n) is 7.35. The third-order valence-electron chi connectivity index (χ3n) is 1.62. The maximum atomic E-state index is 3.77. The van der Waals surface area contributed by atoms with E-state index in [-0.39, 0.29) is 0 Å². The van der Waals surface area contributed by atoms with Gasteiger partial charge in [-0.25, -0.2) is 0 Å². The summed E-state index contributed by atoms with van der Waals surface area (Å²) < 4.78 is 2.18. The molecule has 0 nitrogen and oxygen atoms in total. The summed E-state index contributed by atoms with van der Waals surface area (Å²) in [6.07, 6.45) is 3.93. The van der Waals surface area contributed by atoms with Crippen LogP contribution in [0.5, 0.6) is 0 Å². The molecule has 1 aromatic rings. The Kier molecular flexibility index (Phi) is 3.94. The smallest absolute Gasteiger partial charge is 0.0181 e. The Labute approximate surface area is 95.6 Å². The second-order valence-electron chi connectivity index (χ2n) is 2.71. The van der Waals surface area contributed by atoms with E-state index < -0.39 is 0 Å². The molecule has 13 heavy (non-hydrogen) atoms. The maximum Gasteiger partial charge on any atom is 0.0181 e. The van der Waals surface area contributed by atoms with Crippen molar-refractivity contribution in [2.75, 3.05) is 0 Å². The van der Waals surface area contributed by atoms with E-state index in [1.54, 1.807) is 0 Å². The molecule has 0 fully saturated rings. The molecule has 0 radical (unpaired) electrons. The molecule has 0 aromatic heterocycles. The Bertz CT molecular complexity index is 347. The normalized spacial score (nSPS) is 11.5. The number of hydrogen-bond acceptors (Lipinski definition) is 0. The van der Waals surface area contributed by atoms with Gasteiger partial charge in [0.05, 0.1) is 0 Å². The zero-order chi connectivity index (χ0) is 9.84. The highest BCUT2D eigenvalue weighted by Crippen LogP contribution is 2.21. The molecule has 0 aliphatic rings. The lowest BCUT2D eigenvalue weighted by molar-refractivity contribution is 1.56. The fourth-order valence-corrected chi connectivity index (χ4v) is 1.69. The van der Waals surface area contributed by atoms with Gasteiger partial charge in [0.1, 0.15) is 0 Å². The van der Waals surface area contributed by atoms with Crippen molar-refractivity contribution >= 4 is 44.0 Å². The first-order valence-corrected chi connectivity index (χ1v) is 5.48. The molecule has 1 rings (SSSR count). The molecule has 0 heterocycles. The molecule has 0 unspecified atom stereocenters. The number of rotatable bonds is 2. The van der Waals surface area contributed by atoms with Gasteiger partial charge in [-0.2, -0.15) is 0 Å². The third-order valence-corrected chi connectivity index (χ3v) is 2.35. The van der Waals surface area contributed by atoms with Gasteiger partial charge in [0.25, 0.3) is 0 Å². The second-order valence-corrected chi connectivity index (χ2v) is 4.87.